The van der Waals surface area contributed by atoms with Crippen molar-refractivity contribution in [1.29, 1.82) is 0 Å². The van der Waals surface area contributed by atoms with Crippen molar-refractivity contribution in [3.05, 3.63) is 12.4 Å². The second-order valence-corrected chi connectivity index (χ2v) is 5.04. The fraction of sp³-hybridized carbons (Fsp3) is 0.615. The summed E-state index contributed by atoms with van der Waals surface area (Å²) in [6, 6.07) is 0. The molecule has 0 saturated carbocycles. The van der Waals surface area contributed by atoms with Crippen LogP contribution in [0, 0.1) is 0 Å². The molecule has 3 heterocycles. The first kappa shape index (κ1) is 12.3. The zero-order valence-corrected chi connectivity index (χ0v) is 11.2. The van der Waals surface area contributed by atoms with E-state index in [1.807, 2.05) is 7.05 Å². The van der Waals surface area contributed by atoms with Gasteiger partial charge in [0.15, 0.2) is 5.65 Å². The summed E-state index contributed by atoms with van der Waals surface area (Å²) in [4.78, 5) is 10.9. The van der Waals surface area contributed by atoms with E-state index in [1.54, 1.807) is 12.4 Å². The Morgan fingerprint density at radius 1 is 1.47 bits per heavy atom. The summed E-state index contributed by atoms with van der Waals surface area (Å²) in [5.41, 5.74) is 0.788. The van der Waals surface area contributed by atoms with Crippen LogP contribution in [0.3, 0.4) is 0 Å². The number of nitrogens with zero attached hydrogens (tertiary/aromatic N) is 4. The average molecular weight is 261 g/mol. The lowest BCUT2D eigenvalue weighted by molar-refractivity contribution is 0.103. The number of nitrogens with one attached hydrogen (secondary N) is 1. The molecule has 0 radical (unpaired) electrons. The van der Waals surface area contributed by atoms with Crippen molar-refractivity contribution in [1.82, 2.24) is 20.2 Å². The van der Waals surface area contributed by atoms with Crippen molar-refractivity contribution in [3.8, 4) is 0 Å². The van der Waals surface area contributed by atoms with Gasteiger partial charge >= 0.3 is 0 Å². The molecular formula is C13H19N5O. The topological polar surface area (TPSA) is 66.9 Å². The molecule has 0 aliphatic carbocycles. The highest BCUT2D eigenvalue weighted by molar-refractivity contribution is 5.73. The van der Waals surface area contributed by atoms with Crippen molar-refractivity contribution < 1.29 is 4.74 Å². The lowest BCUT2D eigenvalue weighted by Crippen LogP contribution is -2.22. The summed E-state index contributed by atoms with van der Waals surface area (Å²) < 4.78 is 5.62. The van der Waals surface area contributed by atoms with Crippen LogP contribution in [0.25, 0.3) is 11.0 Å². The standard InChI is InChI=1S/C13H19N5O/c1-18(6-2-4-11-5-3-7-19-11)13-14-8-10-9-15-17-12(10)16-13/h8-9,11H,2-7H2,1H3,(H,14,15,16,17). The Morgan fingerprint density at radius 2 is 2.42 bits per heavy atom. The summed E-state index contributed by atoms with van der Waals surface area (Å²) in [7, 11) is 2.02. The Bertz CT molecular complexity index is 535. The molecule has 19 heavy (non-hydrogen) atoms. The summed E-state index contributed by atoms with van der Waals surface area (Å²) in [5, 5.41) is 7.76. The maximum absolute atomic E-state index is 5.62. The molecule has 1 fully saturated rings. The van der Waals surface area contributed by atoms with E-state index in [-0.39, 0.29) is 0 Å². The van der Waals surface area contributed by atoms with E-state index in [4.69, 9.17) is 4.74 Å². The van der Waals surface area contributed by atoms with Gasteiger partial charge in [0.2, 0.25) is 5.95 Å². The van der Waals surface area contributed by atoms with Gasteiger partial charge in [0, 0.05) is 26.4 Å². The third-order valence-electron chi connectivity index (χ3n) is 3.56. The van der Waals surface area contributed by atoms with Gasteiger partial charge in [0.25, 0.3) is 0 Å². The highest BCUT2D eigenvalue weighted by Gasteiger charge is 2.15. The van der Waals surface area contributed by atoms with E-state index in [1.165, 1.54) is 12.8 Å². The smallest absolute Gasteiger partial charge is 0.227 e. The Labute approximate surface area is 112 Å². The first-order valence-corrected chi connectivity index (χ1v) is 6.82. The van der Waals surface area contributed by atoms with Gasteiger partial charge in [-0.05, 0) is 25.7 Å². The number of anilines is 1. The van der Waals surface area contributed by atoms with Crippen LogP contribution in [0.2, 0.25) is 0 Å². The molecule has 1 saturated heterocycles. The molecule has 1 unspecified atom stereocenters. The summed E-state index contributed by atoms with van der Waals surface area (Å²) in [6.07, 6.45) is 8.64. The summed E-state index contributed by atoms with van der Waals surface area (Å²) in [6.45, 7) is 1.87. The van der Waals surface area contributed by atoms with Crippen molar-refractivity contribution in [3.63, 3.8) is 0 Å². The second-order valence-electron chi connectivity index (χ2n) is 5.04. The first-order valence-electron chi connectivity index (χ1n) is 6.82. The Kier molecular flexibility index (Phi) is 3.59. The van der Waals surface area contributed by atoms with Gasteiger partial charge in [0.05, 0.1) is 17.7 Å². The molecule has 3 rings (SSSR count). The van der Waals surface area contributed by atoms with Crippen LogP contribution < -0.4 is 4.90 Å². The van der Waals surface area contributed by atoms with Crippen LogP contribution in [0.4, 0.5) is 5.95 Å². The minimum atomic E-state index is 0.462. The predicted molar refractivity (Wildman–Crippen MR) is 73.2 cm³/mol. The van der Waals surface area contributed by atoms with Gasteiger partial charge in [-0.2, -0.15) is 10.1 Å². The Morgan fingerprint density at radius 3 is 3.26 bits per heavy atom. The van der Waals surface area contributed by atoms with Crippen LogP contribution in [-0.2, 0) is 4.74 Å². The van der Waals surface area contributed by atoms with E-state index in [0.717, 1.165) is 43.0 Å². The number of fused-ring (bicyclic) bond motifs is 1. The third kappa shape index (κ3) is 2.84. The molecule has 0 spiro atoms. The van der Waals surface area contributed by atoms with Crippen molar-refractivity contribution in [2.45, 2.75) is 31.8 Å². The van der Waals surface area contributed by atoms with Gasteiger partial charge in [-0.3, -0.25) is 5.10 Å². The molecule has 0 amide bonds. The van der Waals surface area contributed by atoms with E-state index in [9.17, 15) is 0 Å². The average Bonchev–Trinajstić information content (AvgIpc) is 3.08. The molecule has 0 bridgehead atoms. The number of aromatic amines is 1. The number of hydrogen-bond acceptors (Lipinski definition) is 5. The second kappa shape index (κ2) is 5.52. The van der Waals surface area contributed by atoms with Crippen molar-refractivity contribution >= 4 is 17.0 Å². The van der Waals surface area contributed by atoms with Gasteiger partial charge in [-0.25, -0.2) is 4.98 Å². The monoisotopic (exact) mass is 261 g/mol. The fourth-order valence-electron chi connectivity index (χ4n) is 2.44. The zero-order valence-electron chi connectivity index (χ0n) is 11.2. The van der Waals surface area contributed by atoms with Crippen molar-refractivity contribution in [2.24, 2.45) is 0 Å². The van der Waals surface area contributed by atoms with Gasteiger partial charge in [0.1, 0.15) is 0 Å². The fourth-order valence-corrected chi connectivity index (χ4v) is 2.44. The molecule has 1 atom stereocenters. The molecule has 6 nitrogen and oxygen atoms in total. The third-order valence-corrected chi connectivity index (χ3v) is 3.56. The molecule has 2 aromatic rings. The molecule has 1 aliphatic rings. The lowest BCUT2D eigenvalue weighted by Gasteiger charge is -2.17. The normalized spacial score (nSPS) is 19.1. The molecule has 102 valence electrons. The number of hydrogen-bond donors (Lipinski definition) is 1. The molecule has 2 aromatic heterocycles. The summed E-state index contributed by atoms with van der Waals surface area (Å²) in [5.74, 6) is 0.740. The molecule has 1 aliphatic heterocycles. The Balaban J connectivity index is 1.55. The lowest BCUT2D eigenvalue weighted by atomic mass is 10.1. The van der Waals surface area contributed by atoms with Crippen LogP contribution in [0.15, 0.2) is 12.4 Å². The molecule has 6 heteroatoms. The minimum Gasteiger partial charge on any atom is -0.378 e. The van der Waals surface area contributed by atoms with E-state index < -0.39 is 0 Å². The van der Waals surface area contributed by atoms with Crippen molar-refractivity contribution in [2.75, 3.05) is 25.1 Å². The highest BCUT2D eigenvalue weighted by Crippen LogP contribution is 2.17. The van der Waals surface area contributed by atoms with Crippen LogP contribution in [0.5, 0.6) is 0 Å². The minimum absolute atomic E-state index is 0.462. The van der Waals surface area contributed by atoms with E-state index in [2.05, 4.69) is 25.1 Å². The van der Waals surface area contributed by atoms with Gasteiger partial charge in [-0.1, -0.05) is 0 Å². The SMILES string of the molecule is CN(CCCC1CCCO1)c1ncc2cn[nH]c2n1. The molecule has 0 aromatic carbocycles. The maximum atomic E-state index is 5.62. The first-order chi connectivity index (χ1) is 9.33. The predicted octanol–water partition coefficient (Wildman–Crippen LogP) is 1.75. The van der Waals surface area contributed by atoms with E-state index >= 15 is 0 Å². The maximum Gasteiger partial charge on any atom is 0.227 e. The zero-order chi connectivity index (χ0) is 13.1. The number of rotatable bonds is 5. The van der Waals surface area contributed by atoms with Gasteiger partial charge < -0.3 is 9.64 Å². The number of H-pyrrole nitrogens is 1. The number of ether oxygens (including phenoxy) is 1. The molecule has 1 N–H and O–H groups in total. The quantitative estimate of drug-likeness (QED) is 0.888. The van der Waals surface area contributed by atoms with E-state index in [0.29, 0.717) is 6.10 Å². The molecular weight excluding hydrogens is 242 g/mol. The van der Waals surface area contributed by atoms with Gasteiger partial charge in [-0.15, -0.1) is 0 Å². The van der Waals surface area contributed by atoms with Crippen LogP contribution in [-0.4, -0.2) is 46.5 Å². The van der Waals surface area contributed by atoms with Crippen LogP contribution >= 0.6 is 0 Å². The largest absolute Gasteiger partial charge is 0.378 e. The Hall–Kier alpha value is -1.69. The summed E-state index contributed by atoms with van der Waals surface area (Å²) >= 11 is 0. The highest BCUT2D eigenvalue weighted by atomic mass is 16.5. The number of aromatic nitrogens is 4. The van der Waals surface area contributed by atoms with Crippen LogP contribution in [0.1, 0.15) is 25.7 Å².